The third kappa shape index (κ3) is 4.59. The molecule has 2 aromatic rings. The van der Waals surface area contributed by atoms with Crippen LogP contribution < -0.4 is 5.32 Å². The minimum atomic E-state index is -0.283. The second kappa shape index (κ2) is 8.68. The summed E-state index contributed by atoms with van der Waals surface area (Å²) in [5.74, 6) is -0.100. The number of carbonyl (C=O) groups is 1. The van der Waals surface area contributed by atoms with Crippen molar-refractivity contribution < 1.29 is 9.53 Å². The molecule has 0 atom stereocenters. The molecule has 0 bridgehead atoms. The zero-order valence-electron chi connectivity index (χ0n) is 11.3. The van der Waals surface area contributed by atoms with Crippen LogP contribution in [0.2, 0.25) is 0 Å². The zero-order valence-corrected chi connectivity index (χ0v) is 12.9. The van der Waals surface area contributed by atoms with Gasteiger partial charge in [0, 0.05) is 25.2 Å². The molecule has 5 nitrogen and oxygen atoms in total. The monoisotopic (exact) mass is 317 g/mol. The summed E-state index contributed by atoms with van der Waals surface area (Å²) in [5, 5.41) is 3.62. The highest BCUT2D eigenvalue weighted by Gasteiger charge is 2.09. The minimum absolute atomic E-state index is 0. The molecule has 0 aliphatic rings. The smallest absolute Gasteiger partial charge is 0.289 e. The lowest BCUT2D eigenvalue weighted by atomic mass is 10.2. The molecule has 0 unspecified atom stereocenters. The van der Waals surface area contributed by atoms with E-state index in [0.29, 0.717) is 13.2 Å². The predicted octanol–water partition coefficient (Wildman–Crippen LogP) is 2.16. The Bertz CT molecular complexity index is 579. The van der Waals surface area contributed by atoms with Crippen molar-refractivity contribution >= 4 is 41.6 Å². The van der Waals surface area contributed by atoms with Crippen molar-refractivity contribution in [1.82, 2.24) is 15.3 Å². The van der Waals surface area contributed by atoms with Crippen molar-refractivity contribution in [2.45, 2.75) is 6.92 Å². The Balaban J connectivity index is 0.00000180. The number of ether oxygens (including phenoxy) is 1. The van der Waals surface area contributed by atoms with E-state index in [9.17, 15) is 4.79 Å². The molecule has 1 heterocycles. The molecule has 1 amide bonds. The first kappa shape index (κ1) is 18.6. The maximum absolute atomic E-state index is 11.7. The van der Waals surface area contributed by atoms with E-state index in [1.165, 1.54) is 0 Å². The Morgan fingerprint density at radius 2 is 2.10 bits per heavy atom. The van der Waals surface area contributed by atoms with Crippen LogP contribution in [-0.4, -0.2) is 36.1 Å². The van der Waals surface area contributed by atoms with E-state index in [1.807, 2.05) is 25.1 Å². The van der Waals surface area contributed by atoms with E-state index in [1.54, 1.807) is 13.3 Å². The Morgan fingerprint density at radius 1 is 1.35 bits per heavy atom. The molecule has 20 heavy (non-hydrogen) atoms. The fraction of sp³-hybridized carbons (Fsp3) is 0.308. The maximum atomic E-state index is 11.7. The lowest BCUT2D eigenvalue weighted by Crippen LogP contribution is -2.28. The third-order valence-electron chi connectivity index (χ3n) is 2.53. The van der Waals surface area contributed by atoms with Gasteiger partial charge in [0.25, 0.3) is 5.91 Å². The van der Waals surface area contributed by atoms with E-state index in [0.717, 1.165) is 16.5 Å². The normalized spacial score (nSPS) is 9.50. The molecule has 0 saturated heterocycles. The summed E-state index contributed by atoms with van der Waals surface area (Å²) in [5.41, 5.74) is 1.91. The van der Waals surface area contributed by atoms with Crippen molar-refractivity contribution in [1.29, 1.82) is 0 Å². The summed E-state index contributed by atoms with van der Waals surface area (Å²) in [6.07, 6.45) is 1.67. The number of rotatable bonds is 4. The Hall–Kier alpha value is -1.43. The van der Waals surface area contributed by atoms with Gasteiger partial charge in [-0.2, -0.15) is 0 Å². The van der Waals surface area contributed by atoms with Gasteiger partial charge in [-0.15, -0.1) is 24.8 Å². The molecule has 0 aliphatic carbocycles. The Labute approximate surface area is 130 Å². The van der Waals surface area contributed by atoms with Gasteiger partial charge in [0.2, 0.25) is 5.82 Å². The van der Waals surface area contributed by atoms with E-state index in [2.05, 4.69) is 15.3 Å². The number of aryl methyl sites for hydroxylation is 1. The van der Waals surface area contributed by atoms with Crippen LogP contribution in [0.3, 0.4) is 0 Å². The standard InChI is InChI=1S/C13H15N3O2.2ClH/c1-9-3-4-11-10(7-9)8-15-12(16-11)13(17)14-5-6-18-2;;/h3-4,7-8H,5-6H2,1-2H3,(H,14,17);2*1H. The summed E-state index contributed by atoms with van der Waals surface area (Å²) >= 11 is 0. The van der Waals surface area contributed by atoms with Gasteiger partial charge in [-0.1, -0.05) is 11.6 Å². The fourth-order valence-electron chi connectivity index (χ4n) is 1.61. The van der Waals surface area contributed by atoms with Crippen LogP contribution in [0.25, 0.3) is 10.9 Å². The molecule has 0 radical (unpaired) electrons. The van der Waals surface area contributed by atoms with Crippen LogP contribution in [0.5, 0.6) is 0 Å². The van der Waals surface area contributed by atoms with Crippen LogP contribution in [0.4, 0.5) is 0 Å². The van der Waals surface area contributed by atoms with Crippen LogP contribution in [0, 0.1) is 6.92 Å². The summed E-state index contributed by atoms with van der Waals surface area (Å²) in [7, 11) is 1.58. The number of nitrogens with zero attached hydrogens (tertiary/aromatic N) is 2. The average molecular weight is 318 g/mol. The SMILES string of the molecule is COCCNC(=O)c1ncc2cc(C)ccc2n1.Cl.Cl. The van der Waals surface area contributed by atoms with Crippen molar-refractivity contribution in [3.05, 3.63) is 35.8 Å². The number of methoxy groups -OCH3 is 1. The van der Waals surface area contributed by atoms with Gasteiger partial charge < -0.3 is 10.1 Å². The fourth-order valence-corrected chi connectivity index (χ4v) is 1.61. The van der Waals surface area contributed by atoms with Gasteiger partial charge in [-0.05, 0) is 19.1 Å². The number of amides is 1. The molecule has 1 N–H and O–H groups in total. The average Bonchev–Trinajstić information content (AvgIpc) is 2.38. The molecule has 1 aromatic carbocycles. The highest BCUT2D eigenvalue weighted by molar-refractivity contribution is 5.92. The second-order valence-electron chi connectivity index (χ2n) is 4.00. The highest BCUT2D eigenvalue weighted by atomic mass is 35.5. The van der Waals surface area contributed by atoms with E-state index < -0.39 is 0 Å². The molecule has 0 fully saturated rings. The van der Waals surface area contributed by atoms with Gasteiger partial charge in [-0.3, -0.25) is 4.79 Å². The molecule has 110 valence electrons. The lowest BCUT2D eigenvalue weighted by molar-refractivity contribution is 0.0927. The summed E-state index contributed by atoms with van der Waals surface area (Å²) < 4.78 is 4.86. The van der Waals surface area contributed by atoms with Crippen molar-refractivity contribution in [3.63, 3.8) is 0 Å². The molecule has 0 saturated carbocycles. The predicted molar refractivity (Wildman–Crippen MR) is 83.0 cm³/mol. The number of fused-ring (bicyclic) bond motifs is 1. The van der Waals surface area contributed by atoms with Crippen molar-refractivity contribution in [2.75, 3.05) is 20.3 Å². The van der Waals surface area contributed by atoms with Crippen LogP contribution in [0.15, 0.2) is 24.4 Å². The highest BCUT2D eigenvalue weighted by Crippen LogP contribution is 2.12. The Morgan fingerprint density at radius 3 is 2.80 bits per heavy atom. The minimum Gasteiger partial charge on any atom is -0.383 e. The molecule has 2 rings (SSSR count). The number of hydrogen-bond donors (Lipinski definition) is 1. The van der Waals surface area contributed by atoms with Gasteiger partial charge >= 0.3 is 0 Å². The molecular formula is C13H17Cl2N3O2. The van der Waals surface area contributed by atoms with Crippen LogP contribution in [-0.2, 0) is 4.74 Å². The number of hydrogen-bond acceptors (Lipinski definition) is 4. The van der Waals surface area contributed by atoms with E-state index in [4.69, 9.17) is 4.74 Å². The first-order valence-corrected chi connectivity index (χ1v) is 5.71. The maximum Gasteiger partial charge on any atom is 0.289 e. The summed E-state index contributed by atoms with van der Waals surface area (Å²) in [6, 6.07) is 5.84. The van der Waals surface area contributed by atoms with Crippen molar-refractivity contribution in [2.24, 2.45) is 0 Å². The molecule has 1 aromatic heterocycles. The number of benzene rings is 1. The van der Waals surface area contributed by atoms with Gasteiger partial charge in [0.15, 0.2) is 0 Å². The topological polar surface area (TPSA) is 64.1 Å². The summed E-state index contributed by atoms with van der Waals surface area (Å²) in [6.45, 7) is 2.92. The Kier molecular flexibility index (Phi) is 8.06. The molecule has 0 spiro atoms. The first-order valence-electron chi connectivity index (χ1n) is 5.71. The van der Waals surface area contributed by atoms with Crippen LogP contribution in [0.1, 0.15) is 16.2 Å². The number of carbonyl (C=O) groups excluding carboxylic acids is 1. The first-order chi connectivity index (χ1) is 8.70. The van der Waals surface area contributed by atoms with E-state index >= 15 is 0 Å². The molecule has 7 heteroatoms. The molecule has 0 aliphatic heterocycles. The lowest BCUT2D eigenvalue weighted by Gasteiger charge is -2.04. The zero-order chi connectivity index (χ0) is 13.0. The van der Waals surface area contributed by atoms with Crippen LogP contribution >= 0.6 is 24.8 Å². The second-order valence-corrected chi connectivity index (χ2v) is 4.00. The number of aromatic nitrogens is 2. The summed E-state index contributed by atoms with van der Waals surface area (Å²) in [4.78, 5) is 20.0. The van der Waals surface area contributed by atoms with E-state index in [-0.39, 0.29) is 36.5 Å². The quantitative estimate of drug-likeness (QED) is 0.878. The number of nitrogens with one attached hydrogen (secondary N) is 1. The largest absolute Gasteiger partial charge is 0.383 e. The van der Waals surface area contributed by atoms with Gasteiger partial charge in [0.05, 0.1) is 12.1 Å². The third-order valence-corrected chi connectivity index (χ3v) is 2.53. The number of halogens is 2. The van der Waals surface area contributed by atoms with Gasteiger partial charge in [0.1, 0.15) is 0 Å². The molecular weight excluding hydrogens is 301 g/mol. The van der Waals surface area contributed by atoms with Gasteiger partial charge in [-0.25, -0.2) is 9.97 Å². The van der Waals surface area contributed by atoms with Crippen molar-refractivity contribution in [3.8, 4) is 0 Å².